The molecule has 3 aromatic rings. The van der Waals surface area contributed by atoms with E-state index >= 15 is 0 Å². The molecule has 0 aliphatic carbocycles. The van der Waals surface area contributed by atoms with Gasteiger partial charge in [-0.2, -0.15) is 0 Å². The quantitative estimate of drug-likeness (QED) is 0.631. The number of imidazole rings is 1. The lowest BCUT2D eigenvalue weighted by atomic mass is 9.96. The summed E-state index contributed by atoms with van der Waals surface area (Å²) in [5.74, 6) is 1.22. The third-order valence-corrected chi connectivity index (χ3v) is 4.67. The number of hydrogen-bond donors (Lipinski definition) is 1. The molecule has 146 valence electrons. The first-order chi connectivity index (χ1) is 13.5. The zero-order chi connectivity index (χ0) is 19.9. The van der Waals surface area contributed by atoms with Crippen LogP contribution in [0.2, 0.25) is 0 Å². The lowest BCUT2D eigenvalue weighted by Gasteiger charge is -2.21. The zero-order valence-electron chi connectivity index (χ0n) is 16.6. The van der Waals surface area contributed by atoms with Gasteiger partial charge in [0.1, 0.15) is 5.75 Å². The van der Waals surface area contributed by atoms with Crippen molar-refractivity contribution in [3.05, 3.63) is 83.9 Å². The van der Waals surface area contributed by atoms with E-state index in [4.69, 9.17) is 4.74 Å². The molecule has 0 unspecified atom stereocenters. The van der Waals surface area contributed by atoms with Crippen LogP contribution in [-0.2, 0) is 6.54 Å². The van der Waals surface area contributed by atoms with Gasteiger partial charge in [-0.25, -0.2) is 4.98 Å². The number of aromatic nitrogens is 2. The maximum absolute atomic E-state index is 12.8. The van der Waals surface area contributed by atoms with Crippen molar-refractivity contribution < 1.29 is 9.53 Å². The highest BCUT2D eigenvalue weighted by molar-refractivity contribution is 5.94. The standard InChI is InChI=1S/C23H27N3O2/c1-17(2)14-22(19-8-10-21(28-3)11-9-19)25-23(27)20-6-4-18(5-7-20)15-26-13-12-24-16-26/h4-13,16-17,22H,14-15H2,1-3H3,(H,25,27)/t22-/m0/s1. The van der Waals surface area contributed by atoms with E-state index in [1.807, 2.05) is 59.3 Å². The lowest BCUT2D eigenvalue weighted by Crippen LogP contribution is -2.29. The number of nitrogens with zero attached hydrogens (tertiary/aromatic N) is 2. The highest BCUT2D eigenvalue weighted by Gasteiger charge is 2.17. The Morgan fingerprint density at radius 3 is 2.39 bits per heavy atom. The van der Waals surface area contributed by atoms with Gasteiger partial charge in [0.15, 0.2) is 0 Å². The summed E-state index contributed by atoms with van der Waals surface area (Å²) in [5, 5.41) is 3.19. The molecule has 0 aliphatic heterocycles. The minimum absolute atomic E-state index is 0.0379. The van der Waals surface area contributed by atoms with Crippen molar-refractivity contribution in [1.82, 2.24) is 14.9 Å². The molecule has 1 N–H and O–H groups in total. The number of methoxy groups -OCH3 is 1. The molecule has 1 atom stereocenters. The van der Waals surface area contributed by atoms with Crippen molar-refractivity contribution in [2.75, 3.05) is 7.11 Å². The van der Waals surface area contributed by atoms with Gasteiger partial charge < -0.3 is 14.6 Å². The first kappa shape index (κ1) is 19.7. The molecule has 0 fully saturated rings. The Balaban J connectivity index is 1.70. The number of benzene rings is 2. The van der Waals surface area contributed by atoms with Gasteiger partial charge in [0.25, 0.3) is 5.91 Å². The van der Waals surface area contributed by atoms with Crippen LogP contribution >= 0.6 is 0 Å². The van der Waals surface area contributed by atoms with Crippen LogP contribution in [0.3, 0.4) is 0 Å². The SMILES string of the molecule is COc1ccc([C@H](CC(C)C)NC(=O)c2ccc(Cn3ccnc3)cc2)cc1. The van der Waals surface area contributed by atoms with E-state index in [0.29, 0.717) is 11.5 Å². The van der Waals surface area contributed by atoms with Gasteiger partial charge in [0.2, 0.25) is 0 Å². The molecular formula is C23H27N3O2. The van der Waals surface area contributed by atoms with E-state index in [1.54, 1.807) is 19.6 Å². The van der Waals surface area contributed by atoms with E-state index in [9.17, 15) is 4.79 Å². The molecule has 28 heavy (non-hydrogen) atoms. The fraction of sp³-hybridized carbons (Fsp3) is 0.304. The van der Waals surface area contributed by atoms with Gasteiger partial charge in [0.05, 0.1) is 19.5 Å². The number of ether oxygens (including phenoxy) is 1. The van der Waals surface area contributed by atoms with Crippen molar-refractivity contribution in [1.29, 1.82) is 0 Å². The molecule has 1 heterocycles. The normalized spacial score (nSPS) is 12.0. The monoisotopic (exact) mass is 377 g/mol. The van der Waals surface area contributed by atoms with Crippen molar-refractivity contribution in [3.8, 4) is 5.75 Å². The van der Waals surface area contributed by atoms with Gasteiger partial charge in [-0.15, -0.1) is 0 Å². The molecule has 0 saturated heterocycles. The summed E-state index contributed by atoms with van der Waals surface area (Å²) < 4.78 is 7.23. The molecule has 1 aromatic heterocycles. The largest absolute Gasteiger partial charge is 0.497 e. The smallest absolute Gasteiger partial charge is 0.251 e. The summed E-state index contributed by atoms with van der Waals surface area (Å²) in [6, 6.07) is 15.6. The van der Waals surface area contributed by atoms with Crippen LogP contribution in [0, 0.1) is 5.92 Å². The topological polar surface area (TPSA) is 56.1 Å². The second-order valence-electron chi connectivity index (χ2n) is 7.36. The van der Waals surface area contributed by atoms with E-state index in [0.717, 1.165) is 29.8 Å². The Morgan fingerprint density at radius 2 is 1.82 bits per heavy atom. The van der Waals surface area contributed by atoms with Crippen LogP contribution in [-0.4, -0.2) is 22.6 Å². The Labute approximate surface area is 166 Å². The van der Waals surface area contributed by atoms with Gasteiger partial charge in [0, 0.05) is 24.5 Å². The second-order valence-corrected chi connectivity index (χ2v) is 7.36. The molecule has 0 bridgehead atoms. The van der Waals surface area contributed by atoms with E-state index in [-0.39, 0.29) is 11.9 Å². The van der Waals surface area contributed by atoms with E-state index in [1.165, 1.54) is 0 Å². The fourth-order valence-electron chi connectivity index (χ4n) is 3.18. The zero-order valence-corrected chi connectivity index (χ0v) is 16.6. The van der Waals surface area contributed by atoms with Crippen molar-refractivity contribution >= 4 is 5.91 Å². The first-order valence-electron chi connectivity index (χ1n) is 9.54. The van der Waals surface area contributed by atoms with Crippen molar-refractivity contribution in [2.24, 2.45) is 5.92 Å². The van der Waals surface area contributed by atoms with Crippen molar-refractivity contribution in [2.45, 2.75) is 32.9 Å². The summed E-state index contributed by atoms with van der Waals surface area (Å²) in [6.45, 7) is 5.06. The van der Waals surface area contributed by atoms with Gasteiger partial charge in [-0.1, -0.05) is 38.1 Å². The van der Waals surface area contributed by atoms with Crippen molar-refractivity contribution in [3.63, 3.8) is 0 Å². The Hall–Kier alpha value is -3.08. The summed E-state index contributed by atoms with van der Waals surface area (Å²) in [6.07, 6.45) is 6.34. The Kier molecular flexibility index (Phi) is 6.48. The summed E-state index contributed by atoms with van der Waals surface area (Å²) in [4.78, 5) is 16.9. The molecule has 2 aromatic carbocycles. The summed E-state index contributed by atoms with van der Waals surface area (Å²) in [5.41, 5.74) is 2.87. The predicted octanol–water partition coefficient (Wildman–Crippen LogP) is 4.46. The fourth-order valence-corrected chi connectivity index (χ4v) is 3.18. The molecule has 3 rings (SSSR count). The highest BCUT2D eigenvalue weighted by atomic mass is 16.5. The second kappa shape index (κ2) is 9.22. The summed E-state index contributed by atoms with van der Waals surface area (Å²) >= 11 is 0. The third-order valence-electron chi connectivity index (χ3n) is 4.67. The third kappa shape index (κ3) is 5.22. The first-order valence-corrected chi connectivity index (χ1v) is 9.54. The average Bonchev–Trinajstić information content (AvgIpc) is 3.21. The predicted molar refractivity (Wildman–Crippen MR) is 110 cm³/mol. The van der Waals surface area contributed by atoms with Crippen LogP contribution in [0.4, 0.5) is 0 Å². The highest BCUT2D eigenvalue weighted by Crippen LogP contribution is 2.24. The number of carbonyl (C=O) groups is 1. The van der Waals surface area contributed by atoms with Crippen LogP contribution in [0.15, 0.2) is 67.3 Å². The Bertz CT molecular complexity index is 869. The summed E-state index contributed by atoms with van der Waals surface area (Å²) in [7, 11) is 1.65. The Morgan fingerprint density at radius 1 is 1.11 bits per heavy atom. The van der Waals surface area contributed by atoms with Gasteiger partial charge in [-0.3, -0.25) is 4.79 Å². The lowest BCUT2D eigenvalue weighted by molar-refractivity contribution is 0.0932. The molecule has 0 radical (unpaired) electrons. The maximum atomic E-state index is 12.8. The minimum atomic E-state index is -0.0596. The van der Waals surface area contributed by atoms with Crippen LogP contribution < -0.4 is 10.1 Å². The molecule has 5 nitrogen and oxygen atoms in total. The number of carbonyl (C=O) groups excluding carboxylic acids is 1. The number of nitrogens with one attached hydrogen (secondary N) is 1. The molecule has 0 spiro atoms. The molecular weight excluding hydrogens is 350 g/mol. The number of hydrogen-bond acceptors (Lipinski definition) is 3. The minimum Gasteiger partial charge on any atom is -0.497 e. The molecule has 0 aliphatic rings. The number of amides is 1. The molecule has 5 heteroatoms. The number of rotatable bonds is 8. The van der Waals surface area contributed by atoms with Crippen LogP contribution in [0.25, 0.3) is 0 Å². The van der Waals surface area contributed by atoms with Gasteiger partial charge in [-0.05, 0) is 47.7 Å². The van der Waals surface area contributed by atoms with Crippen LogP contribution in [0.5, 0.6) is 5.75 Å². The molecule has 0 saturated carbocycles. The maximum Gasteiger partial charge on any atom is 0.251 e. The van der Waals surface area contributed by atoms with Gasteiger partial charge >= 0.3 is 0 Å². The molecule has 1 amide bonds. The average molecular weight is 377 g/mol. The van der Waals surface area contributed by atoms with E-state index in [2.05, 4.69) is 24.1 Å². The van der Waals surface area contributed by atoms with Crippen LogP contribution in [0.1, 0.15) is 47.8 Å². The van der Waals surface area contributed by atoms with E-state index < -0.39 is 0 Å².